The van der Waals surface area contributed by atoms with E-state index < -0.39 is 12.0 Å². The number of aromatic hydroxyl groups is 1. The highest BCUT2D eigenvalue weighted by Gasteiger charge is 2.35. The number of phenolic OH excluding ortho intramolecular Hbond substituents is 1. The number of anilines is 1. The second kappa shape index (κ2) is 7.74. The summed E-state index contributed by atoms with van der Waals surface area (Å²) in [7, 11) is 0. The number of nitrogens with one attached hydrogen (secondary N) is 1. The molecule has 1 aliphatic rings. The number of ether oxygens (including phenoxy) is 2. The molecule has 2 aromatic carbocycles. The zero-order chi connectivity index (χ0) is 21.4. The molecule has 7 heteroatoms. The van der Waals surface area contributed by atoms with Gasteiger partial charge < -0.3 is 19.9 Å². The van der Waals surface area contributed by atoms with Gasteiger partial charge in [-0.2, -0.15) is 0 Å². The van der Waals surface area contributed by atoms with E-state index in [2.05, 4.69) is 5.32 Å². The van der Waals surface area contributed by atoms with Gasteiger partial charge in [0, 0.05) is 5.70 Å². The second-order valence-electron chi connectivity index (χ2n) is 7.47. The Labute approximate surface area is 174 Å². The van der Waals surface area contributed by atoms with Crippen molar-refractivity contribution in [1.29, 1.82) is 0 Å². The fourth-order valence-corrected chi connectivity index (χ4v) is 3.79. The molecule has 7 nitrogen and oxygen atoms in total. The maximum atomic E-state index is 13.1. The quantitative estimate of drug-likeness (QED) is 0.611. The number of allylic oxidation sites excluding steroid dienone is 1. The number of nitrogens with zero attached hydrogens (tertiary/aromatic N) is 2. The molecule has 1 atom stereocenters. The van der Waals surface area contributed by atoms with Crippen LogP contribution in [0.4, 0.5) is 5.95 Å². The first-order valence-corrected chi connectivity index (χ1v) is 10.0. The molecular weight excluding hydrogens is 382 g/mol. The highest BCUT2D eigenvalue weighted by molar-refractivity contribution is 5.94. The second-order valence-corrected chi connectivity index (χ2v) is 7.47. The van der Waals surface area contributed by atoms with Crippen LogP contribution in [0.15, 0.2) is 53.7 Å². The molecule has 156 valence electrons. The fraction of sp³-hybridized carbons (Fsp3) is 0.304. The number of imidazole rings is 1. The van der Waals surface area contributed by atoms with Crippen molar-refractivity contribution < 1.29 is 19.4 Å². The van der Waals surface area contributed by atoms with Gasteiger partial charge in [-0.1, -0.05) is 18.2 Å². The van der Waals surface area contributed by atoms with Crippen LogP contribution in [0.25, 0.3) is 11.0 Å². The Bertz CT molecular complexity index is 1150. The summed E-state index contributed by atoms with van der Waals surface area (Å²) in [5, 5.41) is 13.4. The van der Waals surface area contributed by atoms with Crippen molar-refractivity contribution >= 4 is 23.0 Å². The average molecular weight is 407 g/mol. The first-order chi connectivity index (χ1) is 14.4. The monoisotopic (exact) mass is 407 g/mol. The molecular formula is C23H25N3O4. The summed E-state index contributed by atoms with van der Waals surface area (Å²) in [6.07, 6.45) is -0.252. The van der Waals surface area contributed by atoms with Gasteiger partial charge in [-0.25, -0.2) is 9.78 Å². The smallest absolute Gasteiger partial charge is 0.338 e. The molecule has 1 aromatic heterocycles. The normalized spacial score (nSPS) is 15.8. The van der Waals surface area contributed by atoms with E-state index in [0.717, 1.165) is 16.6 Å². The van der Waals surface area contributed by atoms with E-state index in [1.807, 2.05) is 56.5 Å². The predicted octanol–water partition coefficient (Wildman–Crippen LogP) is 4.38. The number of phenols is 1. The van der Waals surface area contributed by atoms with Crippen molar-refractivity contribution in [2.75, 3.05) is 11.9 Å². The largest absolute Gasteiger partial charge is 0.504 e. The van der Waals surface area contributed by atoms with Crippen molar-refractivity contribution in [3.8, 4) is 11.5 Å². The van der Waals surface area contributed by atoms with Crippen molar-refractivity contribution in [3.05, 3.63) is 59.3 Å². The summed E-state index contributed by atoms with van der Waals surface area (Å²) >= 11 is 0. The predicted molar refractivity (Wildman–Crippen MR) is 115 cm³/mol. The lowest BCUT2D eigenvalue weighted by Gasteiger charge is -2.30. The van der Waals surface area contributed by atoms with E-state index in [1.54, 1.807) is 18.2 Å². The number of carbonyl (C=O) groups is 1. The number of hydrogen-bond donors (Lipinski definition) is 2. The fourth-order valence-electron chi connectivity index (χ4n) is 3.79. The van der Waals surface area contributed by atoms with Crippen LogP contribution in [0, 0.1) is 0 Å². The molecule has 0 amide bonds. The molecule has 0 radical (unpaired) electrons. The summed E-state index contributed by atoms with van der Waals surface area (Å²) < 4.78 is 13.1. The first-order valence-electron chi connectivity index (χ1n) is 10.0. The molecule has 4 rings (SSSR count). The Morgan fingerprint density at radius 3 is 2.77 bits per heavy atom. The molecule has 3 aromatic rings. The van der Waals surface area contributed by atoms with Gasteiger partial charge in [0.1, 0.15) is 0 Å². The van der Waals surface area contributed by atoms with Crippen LogP contribution in [0.3, 0.4) is 0 Å². The molecule has 2 heterocycles. The van der Waals surface area contributed by atoms with Crippen LogP contribution in [-0.4, -0.2) is 33.3 Å². The first kappa shape index (κ1) is 19.8. The van der Waals surface area contributed by atoms with Gasteiger partial charge >= 0.3 is 5.97 Å². The minimum absolute atomic E-state index is 0.0530. The Morgan fingerprint density at radius 1 is 1.27 bits per heavy atom. The van der Waals surface area contributed by atoms with Crippen LogP contribution >= 0.6 is 0 Å². The lowest BCUT2D eigenvalue weighted by molar-refractivity contribution is -0.143. The number of fused-ring (bicyclic) bond motifs is 3. The van der Waals surface area contributed by atoms with E-state index in [4.69, 9.17) is 14.5 Å². The summed E-state index contributed by atoms with van der Waals surface area (Å²) in [6, 6.07) is 12.4. The molecule has 0 unspecified atom stereocenters. The van der Waals surface area contributed by atoms with Crippen LogP contribution in [0.1, 0.15) is 39.3 Å². The highest BCUT2D eigenvalue weighted by atomic mass is 16.5. The number of hydrogen-bond acceptors (Lipinski definition) is 6. The van der Waals surface area contributed by atoms with Gasteiger partial charge in [0.2, 0.25) is 5.95 Å². The summed E-state index contributed by atoms with van der Waals surface area (Å²) in [4.78, 5) is 17.8. The third kappa shape index (κ3) is 3.36. The van der Waals surface area contributed by atoms with Crippen LogP contribution in [0.2, 0.25) is 0 Å². The van der Waals surface area contributed by atoms with E-state index in [1.165, 1.54) is 0 Å². The molecule has 1 aliphatic heterocycles. The van der Waals surface area contributed by atoms with E-state index in [9.17, 15) is 9.90 Å². The van der Waals surface area contributed by atoms with E-state index in [0.29, 0.717) is 29.6 Å². The molecule has 2 N–H and O–H groups in total. The van der Waals surface area contributed by atoms with Crippen LogP contribution < -0.4 is 10.1 Å². The maximum Gasteiger partial charge on any atom is 0.338 e. The van der Waals surface area contributed by atoms with Crippen molar-refractivity contribution in [2.45, 2.75) is 39.8 Å². The number of rotatable bonds is 5. The van der Waals surface area contributed by atoms with Crippen molar-refractivity contribution in [2.24, 2.45) is 0 Å². The molecule has 0 spiro atoms. The highest BCUT2D eigenvalue weighted by Crippen LogP contribution is 2.41. The minimum atomic E-state index is -0.486. The zero-order valence-corrected chi connectivity index (χ0v) is 17.5. The number of para-hydroxylation sites is 2. The lowest BCUT2D eigenvalue weighted by Crippen LogP contribution is -2.30. The Morgan fingerprint density at radius 2 is 2.03 bits per heavy atom. The molecule has 0 saturated heterocycles. The van der Waals surface area contributed by atoms with Gasteiger partial charge in [-0.05, 0) is 57.5 Å². The molecule has 0 aliphatic carbocycles. The standard InChI is InChI=1S/C23H25N3O4/c1-5-29-19-12-15(10-11-18(19)27)21-20(22(28)30-13(2)3)14(4)24-23-25-16-8-6-7-9-17(16)26(21)23/h6-13,21,27H,5H2,1-4H3,(H,24,25)/t21-/m1/s1. The van der Waals surface area contributed by atoms with E-state index >= 15 is 0 Å². The molecule has 0 bridgehead atoms. The third-order valence-electron chi connectivity index (χ3n) is 4.99. The van der Waals surface area contributed by atoms with Gasteiger partial charge in [0.25, 0.3) is 0 Å². The Kier molecular flexibility index (Phi) is 5.11. The lowest BCUT2D eigenvalue weighted by atomic mass is 9.94. The SMILES string of the molecule is CCOc1cc([C@@H]2C(C(=O)OC(C)C)=C(C)Nc3nc4ccccc4n32)ccc1O. The van der Waals surface area contributed by atoms with Crippen molar-refractivity contribution in [3.63, 3.8) is 0 Å². The summed E-state index contributed by atoms with van der Waals surface area (Å²) in [5.74, 6) is 0.672. The maximum absolute atomic E-state index is 13.1. The Balaban J connectivity index is 1.95. The van der Waals surface area contributed by atoms with Crippen molar-refractivity contribution in [1.82, 2.24) is 9.55 Å². The van der Waals surface area contributed by atoms with Gasteiger partial charge in [-0.15, -0.1) is 0 Å². The average Bonchev–Trinajstić information content (AvgIpc) is 3.06. The van der Waals surface area contributed by atoms with Crippen LogP contribution in [-0.2, 0) is 9.53 Å². The summed E-state index contributed by atoms with van der Waals surface area (Å²) in [6.45, 7) is 7.76. The summed E-state index contributed by atoms with van der Waals surface area (Å²) in [5.41, 5.74) is 3.67. The number of benzene rings is 2. The van der Waals surface area contributed by atoms with Gasteiger partial charge in [0.15, 0.2) is 11.5 Å². The minimum Gasteiger partial charge on any atom is -0.504 e. The molecule has 0 saturated carbocycles. The molecule has 0 fully saturated rings. The van der Waals surface area contributed by atoms with Gasteiger partial charge in [0.05, 0.1) is 35.4 Å². The number of aromatic nitrogens is 2. The van der Waals surface area contributed by atoms with Gasteiger partial charge in [-0.3, -0.25) is 4.57 Å². The molecule has 30 heavy (non-hydrogen) atoms. The number of carbonyl (C=O) groups excluding carboxylic acids is 1. The topological polar surface area (TPSA) is 85.6 Å². The number of esters is 1. The van der Waals surface area contributed by atoms with E-state index in [-0.39, 0.29) is 11.9 Å². The van der Waals surface area contributed by atoms with Crippen LogP contribution in [0.5, 0.6) is 11.5 Å². The zero-order valence-electron chi connectivity index (χ0n) is 17.5. The third-order valence-corrected chi connectivity index (χ3v) is 4.99. The Hall–Kier alpha value is -3.48.